The molecule has 2 heterocycles. The van der Waals surface area contributed by atoms with Gasteiger partial charge >= 0.3 is 0 Å². The third kappa shape index (κ3) is 6.43. The first-order valence-electron chi connectivity index (χ1n) is 9.06. The molecular weight excluding hydrogens is 499 g/mol. The summed E-state index contributed by atoms with van der Waals surface area (Å²) in [6, 6.07) is 12.3. The van der Waals surface area contributed by atoms with Crippen LogP contribution < -0.4 is 10.1 Å². The Morgan fingerprint density at radius 2 is 2.00 bits per heavy atom. The number of hydrogen-bond donors (Lipinski definition) is 1. The van der Waals surface area contributed by atoms with Crippen LogP contribution in [0.3, 0.4) is 0 Å². The van der Waals surface area contributed by atoms with E-state index in [4.69, 9.17) is 9.73 Å². The van der Waals surface area contributed by atoms with Crippen LogP contribution in [0.1, 0.15) is 22.1 Å². The minimum atomic E-state index is 0. The van der Waals surface area contributed by atoms with E-state index < -0.39 is 0 Å². The largest absolute Gasteiger partial charge is 0.497 e. The summed E-state index contributed by atoms with van der Waals surface area (Å²) < 4.78 is 7.20. The van der Waals surface area contributed by atoms with Gasteiger partial charge in [0.2, 0.25) is 0 Å². The Balaban J connectivity index is 0.00000300. The van der Waals surface area contributed by atoms with Crippen molar-refractivity contribution in [1.82, 2.24) is 25.0 Å². The van der Waals surface area contributed by atoms with Gasteiger partial charge < -0.3 is 19.5 Å². The maximum atomic E-state index is 5.24. The predicted octanol–water partition coefficient (Wildman–Crippen LogP) is 3.59. The number of nitrogens with one attached hydrogen (secondary N) is 1. The molecule has 0 unspecified atom stereocenters. The lowest BCUT2D eigenvalue weighted by Gasteiger charge is -2.22. The second-order valence-corrected chi connectivity index (χ2v) is 7.53. The number of ether oxygens (including phenoxy) is 1. The van der Waals surface area contributed by atoms with E-state index in [-0.39, 0.29) is 24.0 Å². The van der Waals surface area contributed by atoms with Gasteiger partial charge in [-0.15, -0.1) is 45.5 Å². The Kier molecular flexibility index (Phi) is 8.90. The first-order valence-corrected chi connectivity index (χ1v) is 9.94. The summed E-state index contributed by atoms with van der Waals surface area (Å²) in [5.74, 6) is 3.40. The summed E-state index contributed by atoms with van der Waals surface area (Å²) in [4.78, 5) is 8.16. The van der Waals surface area contributed by atoms with Crippen LogP contribution in [0.2, 0.25) is 0 Å². The van der Waals surface area contributed by atoms with E-state index in [1.807, 2.05) is 37.7 Å². The minimum Gasteiger partial charge on any atom is -0.497 e. The van der Waals surface area contributed by atoms with Crippen molar-refractivity contribution in [3.05, 3.63) is 63.9 Å². The number of aliphatic imine (C=N–C) groups is 1. The third-order valence-corrected chi connectivity index (χ3v) is 5.37. The second kappa shape index (κ2) is 11.1. The molecule has 0 saturated carbocycles. The molecule has 3 rings (SSSR count). The zero-order chi connectivity index (χ0) is 19.9. The molecule has 156 valence electrons. The molecule has 0 aliphatic heterocycles. The number of rotatable bonds is 7. The van der Waals surface area contributed by atoms with Crippen molar-refractivity contribution in [2.24, 2.45) is 12.0 Å². The molecule has 0 aliphatic rings. The Morgan fingerprint density at radius 1 is 1.24 bits per heavy atom. The van der Waals surface area contributed by atoms with Crippen molar-refractivity contribution in [3.8, 4) is 5.75 Å². The molecule has 0 atom stereocenters. The highest BCUT2D eigenvalue weighted by Crippen LogP contribution is 2.13. The van der Waals surface area contributed by atoms with Gasteiger partial charge in [-0.1, -0.05) is 18.2 Å². The maximum Gasteiger partial charge on any atom is 0.194 e. The molecular formula is C20H27IN6OS. The molecule has 0 radical (unpaired) electrons. The first-order chi connectivity index (χ1) is 13.6. The Hall–Kier alpha value is -2.14. The lowest BCUT2D eigenvalue weighted by molar-refractivity contribution is 0.414. The fourth-order valence-corrected chi connectivity index (χ4v) is 3.35. The number of guanidine groups is 1. The molecule has 0 saturated heterocycles. The van der Waals surface area contributed by atoms with E-state index in [9.17, 15) is 0 Å². The number of methoxy groups -OCH3 is 1. The van der Waals surface area contributed by atoms with E-state index >= 15 is 0 Å². The quantitative estimate of drug-likeness (QED) is 0.290. The lowest BCUT2D eigenvalue weighted by Crippen LogP contribution is -2.38. The molecule has 2 aromatic heterocycles. The molecule has 3 aromatic rings. The minimum absolute atomic E-state index is 0. The SMILES string of the molecule is COc1ccc(CN(C)C(=NCc2nnc(C)n2C)NCc2cccs2)cc1.I. The highest BCUT2D eigenvalue weighted by Gasteiger charge is 2.10. The summed E-state index contributed by atoms with van der Waals surface area (Å²) in [6.07, 6.45) is 0. The van der Waals surface area contributed by atoms with Crippen LogP contribution in [0.25, 0.3) is 0 Å². The monoisotopic (exact) mass is 526 g/mol. The lowest BCUT2D eigenvalue weighted by atomic mass is 10.2. The fraction of sp³-hybridized carbons (Fsp3) is 0.350. The van der Waals surface area contributed by atoms with Crippen molar-refractivity contribution in [1.29, 1.82) is 0 Å². The van der Waals surface area contributed by atoms with Crippen molar-refractivity contribution >= 4 is 41.3 Å². The zero-order valence-electron chi connectivity index (χ0n) is 17.1. The van der Waals surface area contributed by atoms with Gasteiger partial charge in [0.05, 0.1) is 13.7 Å². The highest BCUT2D eigenvalue weighted by molar-refractivity contribution is 14.0. The summed E-state index contributed by atoms with van der Waals surface area (Å²) in [7, 11) is 5.67. The number of thiophene rings is 1. The molecule has 0 aliphatic carbocycles. The van der Waals surface area contributed by atoms with Crippen molar-refractivity contribution in [2.75, 3.05) is 14.2 Å². The van der Waals surface area contributed by atoms with Crippen molar-refractivity contribution in [3.63, 3.8) is 0 Å². The standard InChI is InChI=1S/C20H26N6OS.HI/c1-15-23-24-19(26(15)3)13-22-20(21-12-18-6-5-11-28-18)25(2)14-16-7-9-17(27-4)10-8-16;/h5-11H,12-14H2,1-4H3,(H,21,22);1H. The second-order valence-electron chi connectivity index (χ2n) is 6.50. The first kappa shape index (κ1) is 23.1. The Bertz CT molecular complexity index is 908. The summed E-state index contributed by atoms with van der Waals surface area (Å²) >= 11 is 1.73. The molecule has 7 nitrogen and oxygen atoms in total. The molecule has 0 amide bonds. The van der Waals surface area contributed by atoms with Gasteiger partial charge in [-0.05, 0) is 36.1 Å². The van der Waals surface area contributed by atoms with Crippen LogP contribution in [0.15, 0.2) is 46.8 Å². The number of aryl methyl sites for hydroxylation is 1. The average Bonchev–Trinajstić information content (AvgIpc) is 3.33. The number of halogens is 1. The van der Waals surface area contributed by atoms with Crippen molar-refractivity contribution in [2.45, 2.75) is 26.6 Å². The van der Waals surface area contributed by atoms with Crippen LogP contribution in [-0.2, 0) is 26.7 Å². The third-order valence-electron chi connectivity index (χ3n) is 4.49. The molecule has 0 spiro atoms. The van der Waals surface area contributed by atoms with E-state index in [1.54, 1.807) is 18.4 Å². The van der Waals surface area contributed by atoms with Crippen LogP contribution in [-0.4, -0.2) is 39.8 Å². The summed E-state index contributed by atoms with van der Waals surface area (Å²) in [6.45, 7) is 3.88. The maximum absolute atomic E-state index is 5.24. The molecule has 0 fully saturated rings. The molecule has 1 aromatic carbocycles. The number of hydrogen-bond acceptors (Lipinski definition) is 5. The van der Waals surface area contributed by atoms with E-state index in [1.165, 1.54) is 10.4 Å². The van der Waals surface area contributed by atoms with Gasteiger partial charge in [0.15, 0.2) is 11.8 Å². The van der Waals surface area contributed by atoms with Crippen molar-refractivity contribution < 1.29 is 4.74 Å². The summed E-state index contributed by atoms with van der Waals surface area (Å²) in [5, 5.41) is 13.9. The van der Waals surface area contributed by atoms with Gasteiger partial charge in [0.25, 0.3) is 0 Å². The van der Waals surface area contributed by atoms with E-state index in [0.29, 0.717) is 6.54 Å². The topological polar surface area (TPSA) is 67.6 Å². The van der Waals surface area contributed by atoms with Crippen LogP contribution >= 0.6 is 35.3 Å². The van der Waals surface area contributed by atoms with Gasteiger partial charge in [-0.3, -0.25) is 0 Å². The van der Waals surface area contributed by atoms with Crippen LogP contribution in [0.4, 0.5) is 0 Å². The van der Waals surface area contributed by atoms with Gasteiger partial charge in [0.1, 0.15) is 18.1 Å². The van der Waals surface area contributed by atoms with Gasteiger partial charge in [0, 0.05) is 25.5 Å². The zero-order valence-corrected chi connectivity index (χ0v) is 20.3. The molecule has 29 heavy (non-hydrogen) atoms. The molecule has 0 bridgehead atoms. The van der Waals surface area contributed by atoms with Gasteiger partial charge in [-0.25, -0.2) is 4.99 Å². The number of nitrogens with zero attached hydrogens (tertiary/aromatic N) is 5. The molecule has 1 N–H and O–H groups in total. The average molecular weight is 526 g/mol. The van der Waals surface area contributed by atoms with Crippen LogP contribution in [0, 0.1) is 6.92 Å². The highest BCUT2D eigenvalue weighted by atomic mass is 127. The van der Waals surface area contributed by atoms with E-state index in [0.717, 1.165) is 36.4 Å². The predicted molar refractivity (Wildman–Crippen MR) is 128 cm³/mol. The van der Waals surface area contributed by atoms with Gasteiger partial charge in [-0.2, -0.15) is 0 Å². The fourth-order valence-electron chi connectivity index (χ4n) is 2.70. The Labute approximate surface area is 192 Å². The van der Waals surface area contributed by atoms with Crippen LogP contribution in [0.5, 0.6) is 5.75 Å². The molecule has 9 heteroatoms. The Morgan fingerprint density at radius 3 is 2.59 bits per heavy atom. The number of aromatic nitrogens is 3. The van der Waals surface area contributed by atoms with E-state index in [2.05, 4.69) is 50.1 Å². The smallest absolute Gasteiger partial charge is 0.194 e. The summed E-state index contributed by atoms with van der Waals surface area (Å²) in [5.41, 5.74) is 1.18. The normalized spacial score (nSPS) is 11.1. The number of benzene rings is 1.